The number of ether oxygens (including phenoxy) is 1. The van der Waals surface area contributed by atoms with Crippen molar-refractivity contribution in [1.29, 1.82) is 0 Å². The minimum atomic E-state index is 0.189. The molecule has 0 amide bonds. The number of nitrogens with one attached hydrogen (secondary N) is 1. The van der Waals surface area contributed by atoms with E-state index in [0.717, 1.165) is 56.1 Å². The first-order chi connectivity index (χ1) is 12.1. The van der Waals surface area contributed by atoms with Crippen LogP contribution in [0.5, 0.6) is 5.75 Å². The van der Waals surface area contributed by atoms with Crippen LogP contribution in [-0.4, -0.2) is 29.2 Å². The number of rotatable bonds is 7. The van der Waals surface area contributed by atoms with Crippen LogP contribution in [0.1, 0.15) is 37.3 Å². The summed E-state index contributed by atoms with van der Waals surface area (Å²) in [5, 5.41) is 3.44. The molecule has 2 saturated carbocycles. The third-order valence-corrected chi connectivity index (χ3v) is 5.25. The molecule has 5 N–H and O–H groups in total. The fourth-order valence-electron chi connectivity index (χ4n) is 3.27. The monoisotopic (exact) mass is 339 g/mol. The van der Waals surface area contributed by atoms with Crippen molar-refractivity contribution >= 4 is 11.8 Å². The van der Waals surface area contributed by atoms with Crippen LogP contribution in [0.4, 0.5) is 11.8 Å². The minimum Gasteiger partial charge on any atom is -0.493 e. The summed E-state index contributed by atoms with van der Waals surface area (Å²) in [5.74, 6) is 2.46. The molecule has 2 aromatic rings. The third-order valence-electron chi connectivity index (χ3n) is 5.25. The Hall–Kier alpha value is -2.34. The third kappa shape index (κ3) is 3.85. The Morgan fingerprint density at radius 2 is 1.92 bits per heavy atom. The van der Waals surface area contributed by atoms with Crippen molar-refractivity contribution in [2.75, 3.05) is 24.2 Å². The summed E-state index contributed by atoms with van der Waals surface area (Å²) < 4.78 is 5.93. The predicted octanol–water partition coefficient (Wildman–Crippen LogP) is 2.53. The molecule has 0 bridgehead atoms. The first-order valence-corrected chi connectivity index (χ1v) is 8.94. The van der Waals surface area contributed by atoms with E-state index in [4.69, 9.17) is 16.2 Å². The zero-order valence-corrected chi connectivity index (χ0v) is 14.3. The average Bonchev–Trinajstić information content (AvgIpc) is 3.36. The lowest BCUT2D eigenvalue weighted by atomic mass is 9.78. The second kappa shape index (κ2) is 6.52. The van der Waals surface area contributed by atoms with Crippen LogP contribution in [0.2, 0.25) is 0 Å². The lowest BCUT2D eigenvalue weighted by molar-refractivity contribution is 0.242. The number of nitrogen functional groups attached to an aromatic ring is 1. The molecule has 6 nitrogen and oxygen atoms in total. The van der Waals surface area contributed by atoms with Gasteiger partial charge in [0.05, 0.1) is 12.3 Å². The highest BCUT2D eigenvalue weighted by molar-refractivity contribution is 5.42. The van der Waals surface area contributed by atoms with Gasteiger partial charge in [-0.15, -0.1) is 0 Å². The molecular weight excluding hydrogens is 314 g/mol. The van der Waals surface area contributed by atoms with Crippen LogP contribution in [0, 0.1) is 5.41 Å². The average molecular weight is 339 g/mol. The maximum atomic E-state index is 5.93. The Morgan fingerprint density at radius 1 is 1.16 bits per heavy atom. The van der Waals surface area contributed by atoms with Gasteiger partial charge in [-0.1, -0.05) is 18.2 Å². The molecule has 2 aliphatic rings. The van der Waals surface area contributed by atoms with E-state index in [2.05, 4.69) is 15.3 Å². The Labute approximate surface area is 148 Å². The van der Waals surface area contributed by atoms with Crippen LogP contribution < -0.4 is 21.5 Å². The van der Waals surface area contributed by atoms with Crippen molar-refractivity contribution in [3.8, 4) is 5.75 Å². The topological polar surface area (TPSA) is 99.1 Å². The molecule has 1 heterocycles. The van der Waals surface area contributed by atoms with Gasteiger partial charge in [-0.2, -0.15) is 4.98 Å². The molecule has 2 fully saturated rings. The molecule has 0 spiro atoms. The van der Waals surface area contributed by atoms with E-state index in [1.165, 1.54) is 0 Å². The fourth-order valence-corrected chi connectivity index (χ4v) is 3.27. The number of anilines is 2. The minimum absolute atomic E-state index is 0.189. The maximum Gasteiger partial charge on any atom is 0.222 e. The molecule has 25 heavy (non-hydrogen) atoms. The molecule has 0 aliphatic heterocycles. The van der Waals surface area contributed by atoms with Gasteiger partial charge in [0.25, 0.3) is 0 Å². The van der Waals surface area contributed by atoms with Crippen LogP contribution >= 0.6 is 0 Å². The van der Waals surface area contributed by atoms with Gasteiger partial charge in [0.2, 0.25) is 5.95 Å². The van der Waals surface area contributed by atoms with Crippen molar-refractivity contribution in [2.45, 2.75) is 37.6 Å². The molecule has 4 rings (SSSR count). The zero-order valence-electron chi connectivity index (χ0n) is 14.3. The number of nitrogens with zero attached hydrogens (tertiary/aromatic N) is 2. The van der Waals surface area contributed by atoms with Crippen LogP contribution in [0.15, 0.2) is 36.4 Å². The molecule has 2 aliphatic carbocycles. The SMILES string of the molecule is Nc1nc(NCC2(COc3ccccc3)CC2)cc(C2CC(N)C2)n1. The summed E-state index contributed by atoms with van der Waals surface area (Å²) in [6, 6.07) is 12.3. The van der Waals surface area contributed by atoms with Crippen molar-refractivity contribution in [1.82, 2.24) is 9.97 Å². The standard InChI is InChI=1S/C19H25N5O/c20-14-8-13(9-14)16-10-17(24-18(21)23-16)22-11-19(6-7-19)12-25-15-4-2-1-3-5-15/h1-5,10,13-14H,6-9,11-12,20H2,(H3,21,22,23,24). The second-order valence-corrected chi connectivity index (χ2v) is 7.42. The lowest BCUT2D eigenvalue weighted by Crippen LogP contribution is -2.35. The van der Waals surface area contributed by atoms with Crippen molar-refractivity contribution in [2.24, 2.45) is 11.1 Å². The van der Waals surface area contributed by atoms with Gasteiger partial charge in [0.15, 0.2) is 0 Å². The molecule has 0 radical (unpaired) electrons. The van der Waals surface area contributed by atoms with Crippen molar-refractivity contribution in [3.63, 3.8) is 0 Å². The van der Waals surface area contributed by atoms with E-state index in [9.17, 15) is 0 Å². The Kier molecular flexibility index (Phi) is 4.21. The summed E-state index contributed by atoms with van der Waals surface area (Å²) in [6.45, 7) is 1.55. The molecule has 6 heteroatoms. The van der Waals surface area contributed by atoms with E-state index < -0.39 is 0 Å². The number of hydrogen-bond acceptors (Lipinski definition) is 6. The van der Waals surface area contributed by atoms with Gasteiger partial charge in [0, 0.05) is 30.0 Å². The molecule has 1 aromatic heterocycles. The van der Waals surface area contributed by atoms with E-state index in [1.54, 1.807) is 0 Å². The highest BCUT2D eigenvalue weighted by atomic mass is 16.5. The van der Waals surface area contributed by atoms with E-state index in [1.807, 2.05) is 36.4 Å². The second-order valence-electron chi connectivity index (χ2n) is 7.42. The molecule has 0 atom stereocenters. The molecule has 1 aromatic carbocycles. The van der Waals surface area contributed by atoms with E-state index in [0.29, 0.717) is 17.9 Å². The van der Waals surface area contributed by atoms with Gasteiger partial charge < -0.3 is 21.5 Å². The zero-order chi connectivity index (χ0) is 17.3. The Morgan fingerprint density at radius 3 is 2.60 bits per heavy atom. The number of hydrogen-bond donors (Lipinski definition) is 3. The summed E-state index contributed by atoms with van der Waals surface area (Å²) in [4.78, 5) is 8.70. The van der Waals surface area contributed by atoms with Gasteiger partial charge >= 0.3 is 0 Å². The smallest absolute Gasteiger partial charge is 0.222 e. The number of para-hydroxylation sites is 1. The predicted molar refractivity (Wildman–Crippen MR) is 98.5 cm³/mol. The first kappa shape index (κ1) is 16.1. The van der Waals surface area contributed by atoms with Gasteiger partial charge in [-0.25, -0.2) is 4.98 Å². The lowest BCUT2D eigenvalue weighted by Gasteiger charge is -2.32. The number of benzene rings is 1. The van der Waals surface area contributed by atoms with Crippen molar-refractivity contribution in [3.05, 3.63) is 42.1 Å². The van der Waals surface area contributed by atoms with Crippen LogP contribution in [0.3, 0.4) is 0 Å². The summed E-state index contributed by atoms with van der Waals surface area (Å²) in [6.07, 6.45) is 4.28. The first-order valence-electron chi connectivity index (χ1n) is 8.94. The Balaban J connectivity index is 1.34. The molecule has 132 valence electrons. The maximum absolute atomic E-state index is 5.93. The van der Waals surface area contributed by atoms with E-state index >= 15 is 0 Å². The van der Waals surface area contributed by atoms with Crippen LogP contribution in [-0.2, 0) is 0 Å². The normalized spacial score (nSPS) is 23.6. The highest BCUT2D eigenvalue weighted by Crippen LogP contribution is 2.46. The fraction of sp³-hybridized carbons (Fsp3) is 0.474. The molecular formula is C19H25N5O. The van der Waals surface area contributed by atoms with E-state index in [-0.39, 0.29) is 5.41 Å². The highest BCUT2D eigenvalue weighted by Gasteiger charge is 2.43. The Bertz CT molecular complexity index is 726. The number of nitrogens with two attached hydrogens (primary N) is 2. The van der Waals surface area contributed by atoms with Crippen LogP contribution in [0.25, 0.3) is 0 Å². The largest absolute Gasteiger partial charge is 0.493 e. The number of aromatic nitrogens is 2. The summed E-state index contributed by atoms with van der Waals surface area (Å²) >= 11 is 0. The molecule has 0 unspecified atom stereocenters. The molecule has 0 saturated heterocycles. The van der Waals surface area contributed by atoms with Gasteiger partial charge in [0.1, 0.15) is 11.6 Å². The summed E-state index contributed by atoms with van der Waals surface area (Å²) in [5.41, 5.74) is 13.0. The van der Waals surface area contributed by atoms with Crippen molar-refractivity contribution < 1.29 is 4.74 Å². The quantitative estimate of drug-likeness (QED) is 0.717. The van der Waals surface area contributed by atoms with Gasteiger partial charge in [-0.3, -0.25) is 0 Å². The summed E-state index contributed by atoms with van der Waals surface area (Å²) in [7, 11) is 0. The van der Waals surface area contributed by atoms with Gasteiger partial charge in [-0.05, 0) is 37.8 Å².